The van der Waals surface area contributed by atoms with Crippen molar-refractivity contribution < 1.29 is 4.79 Å². The molecule has 92 valence electrons. The first-order valence-corrected chi connectivity index (χ1v) is 6.12. The average Bonchev–Trinajstić information content (AvgIpc) is 2.45. The second-order valence-corrected chi connectivity index (χ2v) is 4.60. The Balaban J connectivity index is 2.13. The third kappa shape index (κ3) is 2.82. The normalized spacial score (nSPS) is 25.8. The molecule has 1 aromatic rings. The summed E-state index contributed by atoms with van der Waals surface area (Å²) in [6.07, 6.45) is 2.76. The van der Waals surface area contributed by atoms with Crippen LogP contribution in [0.25, 0.3) is 0 Å². The second kappa shape index (κ2) is 5.27. The summed E-state index contributed by atoms with van der Waals surface area (Å²) in [6, 6.07) is 5.98. The zero-order valence-electron chi connectivity index (χ0n) is 10.4. The van der Waals surface area contributed by atoms with Gasteiger partial charge < -0.3 is 10.2 Å². The highest BCUT2D eigenvalue weighted by Crippen LogP contribution is 2.13. The van der Waals surface area contributed by atoms with E-state index >= 15 is 0 Å². The molecule has 1 aromatic heterocycles. The smallest absolute Gasteiger partial charge is 0.240 e. The van der Waals surface area contributed by atoms with E-state index in [1.807, 2.05) is 30.0 Å². The predicted molar refractivity (Wildman–Crippen MR) is 66.3 cm³/mol. The van der Waals surface area contributed by atoms with Crippen molar-refractivity contribution in [2.24, 2.45) is 0 Å². The minimum atomic E-state index is -0.0938. The van der Waals surface area contributed by atoms with E-state index in [9.17, 15) is 4.79 Å². The summed E-state index contributed by atoms with van der Waals surface area (Å²) in [5.41, 5.74) is 0.946. The Labute approximate surface area is 102 Å². The minimum absolute atomic E-state index is 0.0938. The highest BCUT2D eigenvalue weighted by molar-refractivity contribution is 5.82. The van der Waals surface area contributed by atoms with E-state index in [1.54, 1.807) is 6.20 Å². The van der Waals surface area contributed by atoms with Gasteiger partial charge in [0.1, 0.15) is 0 Å². The Bertz CT molecular complexity index is 380. The summed E-state index contributed by atoms with van der Waals surface area (Å²) in [5, 5.41) is 3.23. The van der Waals surface area contributed by atoms with Gasteiger partial charge >= 0.3 is 0 Å². The molecule has 0 aromatic carbocycles. The maximum Gasteiger partial charge on any atom is 0.240 e. The molecule has 1 amide bonds. The molecular formula is C13H19N3O. The summed E-state index contributed by atoms with van der Waals surface area (Å²) in [5.74, 6) is 0.167. The Kier molecular flexibility index (Phi) is 3.74. The molecule has 4 heteroatoms. The van der Waals surface area contributed by atoms with Crippen LogP contribution in [-0.4, -0.2) is 34.4 Å². The summed E-state index contributed by atoms with van der Waals surface area (Å²) in [7, 11) is 0. The Hall–Kier alpha value is -1.42. The van der Waals surface area contributed by atoms with Crippen molar-refractivity contribution in [1.82, 2.24) is 15.2 Å². The highest BCUT2D eigenvalue weighted by Gasteiger charge is 2.27. The second-order valence-electron chi connectivity index (χ2n) is 4.60. The lowest BCUT2D eigenvalue weighted by molar-refractivity contribution is -0.134. The van der Waals surface area contributed by atoms with Gasteiger partial charge in [-0.05, 0) is 38.9 Å². The van der Waals surface area contributed by atoms with Crippen molar-refractivity contribution >= 4 is 5.91 Å². The number of pyridine rings is 1. The molecule has 0 saturated carbocycles. The van der Waals surface area contributed by atoms with Crippen LogP contribution >= 0.6 is 0 Å². The van der Waals surface area contributed by atoms with Gasteiger partial charge in [-0.3, -0.25) is 9.78 Å². The van der Waals surface area contributed by atoms with E-state index in [0.29, 0.717) is 6.54 Å². The summed E-state index contributed by atoms with van der Waals surface area (Å²) in [4.78, 5) is 18.4. The van der Waals surface area contributed by atoms with E-state index in [0.717, 1.165) is 18.7 Å². The molecule has 1 N–H and O–H groups in total. The molecule has 0 bridgehead atoms. The first-order chi connectivity index (χ1) is 8.18. The molecule has 0 radical (unpaired) electrons. The monoisotopic (exact) mass is 233 g/mol. The van der Waals surface area contributed by atoms with Gasteiger partial charge in [0.2, 0.25) is 5.91 Å². The van der Waals surface area contributed by atoms with Gasteiger partial charge in [0.05, 0.1) is 18.3 Å². The highest BCUT2D eigenvalue weighted by atomic mass is 16.2. The molecule has 0 aliphatic carbocycles. The van der Waals surface area contributed by atoms with Gasteiger partial charge in [-0.2, -0.15) is 0 Å². The SMILES string of the molecule is CC1NCCC(C)N(Cc2ccccn2)C1=O. The molecule has 17 heavy (non-hydrogen) atoms. The van der Waals surface area contributed by atoms with Gasteiger partial charge in [-0.1, -0.05) is 6.07 Å². The van der Waals surface area contributed by atoms with Crippen LogP contribution < -0.4 is 5.32 Å². The lowest BCUT2D eigenvalue weighted by Crippen LogP contribution is -2.44. The summed E-state index contributed by atoms with van der Waals surface area (Å²) >= 11 is 0. The van der Waals surface area contributed by atoms with Gasteiger partial charge in [0, 0.05) is 12.2 Å². The number of nitrogens with zero attached hydrogens (tertiary/aromatic N) is 2. The van der Waals surface area contributed by atoms with Gasteiger partial charge in [-0.15, -0.1) is 0 Å². The zero-order valence-corrected chi connectivity index (χ0v) is 10.4. The van der Waals surface area contributed by atoms with E-state index in [1.165, 1.54) is 0 Å². The Morgan fingerprint density at radius 1 is 1.47 bits per heavy atom. The maximum atomic E-state index is 12.2. The standard InChI is InChI=1S/C13H19N3O/c1-10-6-8-14-11(2)13(17)16(10)9-12-5-3-4-7-15-12/h3-5,7,10-11,14H,6,8-9H2,1-2H3. The molecule has 2 rings (SSSR count). The number of hydrogen-bond acceptors (Lipinski definition) is 3. The largest absolute Gasteiger partial charge is 0.333 e. The van der Waals surface area contributed by atoms with Gasteiger partial charge in [-0.25, -0.2) is 0 Å². The topological polar surface area (TPSA) is 45.2 Å². The fraction of sp³-hybridized carbons (Fsp3) is 0.538. The molecule has 1 aliphatic heterocycles. The van der Waals surface area contributed by atoms with Crippen LogP contribution in [0.3, 0.4) is 0 Å². The van der Waals surface area contributed by atoms with Crippen molar-refractivity contribution in [3.63, 3.8) is 0 Å². The average molecular weight is 233 g/mol. The van der Waals surface area contributed by atoms with Crippen molar-refractivity contribution in [1.29, 1.82) is 0 Å². The fourth-order valence-corrected chi connectivity index (χ4v) is 2.12. The summed E-state index contributed by atoms with van der Waals surface area (Å²) < 4.78 is 0. The lowest BCUT2D eigenvalue weighted by Gasteiger charge is -2.28. The number of rotatable bonds is 2. The minimum Gasteiger partial charge on any atom is -0.333 e. The van der Waals surface area contributed by atoms with Crippen LogP contribution in [0.4, 0.5) is 0 Å². The molecule has 4 nitrogen and oxygen atoms in total. The fourth-order valence-electron chi connectivity index (χ4n) is 2.12. The molecule has 2 atom stereocenters. The molecule has 0 spiro atoms. The molecule has 2 heterocycles. The number of carbonyl (C=O) groups is 1. The van der Waals surface area contributed by atoms with E-state index in [2.05, 4.69) is 17.2 Å². The summed E-state index contributed by atoms with van der Waals surface area (Å²) in [6.45, 7) is 5.52. The molecule has 1 aliphatic rings. The van der Waals surface area contributed by atoms with Crippen LogP contribution in [0.5, 0.6) is 0 Å². The van der Waals surface area contributed by atoms with E-state index < -0.39 is 0 Å². The number of carbonyl (C=O) groups excluding carboxylic acids is 1. The quantitative estimate of drug-likeness (QED) is 0.834. The van der Waals surface area contributed by atoms with Crippen LogP contribution in [0.1, 0.15) is 26.0 Å². The van der Waals surface area contributed by atoms with Crippen molar-refractivity contribution in [3.8, 4) is 0 Å². The molecular weight excluding hydrogens is 214 g/mol. The third-order valence-corrected chi connectivity index (χ3v) is 3.26. The van der Waals surface area contributed by atoms with Crippen LogP contribution in [-0.2, 0) is 11.3 Å². The first-order valence-electron chi connectivity index (χ1n) is 6.12. The zero-order chi connectivity index (χ0) is 12.3. The molecule has 1 fully saturated rings. The van der Waals surface area contributed by atoms with Crippen LogP contribution in [0, 0.1) is 0 Å². The molecule has 1 saturated heterocycles. The number of aromatic nitrogens is 1. The van der Waals surface area contributed by atoms with Gasteiger partial charge in [0.25, 0.3) is 0 Å². The van der Waals surface area contributed by atoms with Crippen molar-refractivity contribution in [2.75, 3.05) is 6.54 Å². The predicted octanol–water partition coefficient (Wildman–Crippen LogP) is 1.18. The van der Waals surface area contributed by atoms with E-state index in [-0.39, 0.29) is 18.0 Å². The lowest BCUT2D eigenvalue weighted by atomic mass is 10.2. The first kappa shape index (κ1) is 12.0. The maximum absolute atomic E-state index is 12.2. The Morgan fingerprint density at radius 3 is 3.00 bits per heavy atom. The number of hydrogen-bond donors (Lipinski definition) is 1. The third-order valence-electron chi connectivity index (χ3n) is 3.26. The molecule has 2 unspecified atom stereocenters. The van der Waals surface area contributed by atoms with Crippen molar-refractivity contribution in [2.45, 2.75) is 38.9 Å². The number of nitrogens with one attached hydrogen (secondary N) is 1. The Morgan fingerprint density at radius 2 is 2.29 bits per heavy atom. The van der Waals surface area contributed by atoms with Crippen molar-refractivity contribution in [3.05, 3.63) is 30.1 Å². The van der Waals surface area contributed by atoms with Crippen LogP contribution in [0.2, 0.25) is 0 Å². The van der Waals surface area contributed by atoms with E-state index in [4.69, 9.17) is 0 Å². The number of amides is 1. The van der Waals surface area contributed by atoms with Gasteiger partial charge in [0.15, 0.2) is 0 Å². The van der Waals surface area contributed by atoms with Crippen LogP contribution in [0.15, 0.2) is 24.4 Å².